The van der Waals surface area contributed by atoms with Crippen LogP contribution in [0, 0.1) is 31.0 Å². The maximum Gasteiger partial charge on any atom is 0.430 e. The van der Waals surface area contributed by atoms with Crippen LogP contribution < -0.4 is 27.6 Å². The minimum Gasteiger partial charge on any atom is -0.395 e. The van der Waals surface area contributed by atoms with Gasteiger partial charge in [-0.15, -0.1) is 0 Å². The van der Waals surface area contributed by atoms with Gasteiger partial charge in [0.1, 0.15) is 11.5 Å². The number of nitrogens with two attached hydrogens (primary N) is 2. The lowest BCUT2D eigenvalue weighted by atomic mass is 10.1. The predicted octanol–water partition coefficient (Wildman–Crippen LogP) is 4.75. The summed E-state index contributed by atoms with van der Waals surface area (Å²) in [7, 11) is 3.55. The van der Waals surface area contributed by atoms with Crippen LogP contribution in [0.25, 0.3) is 18.0 Å². The fraction of sp³-hybridized carbons (Fsp3) is 0.250. The molecule has 13 heteroatoms. The minimum absolute atomic E-state index is 0.221. The number of rotatable bonds is 7. The normalized spacial score (nSPS) is 9.85. The van der Waals surface area contributed by atoms with Gasteiger partial charge in [0.15, 0.2) is 5.82 Å². The van der Waals surface area contributed by atoms with Gasteiger partial charge in [-0.25, -0.2) is 14.1 Å². The summed E-state index contributed by atoms with van der Waals surface area (Å²) in [5.41, 5.74) is 11.0. The van der Waals surface area contributed by atoms with Crippen LogP contribution in [0.1, 0.15) is 28.1 Å². The highest BCUT2D eigenvalue weighted by Crippen LogP contribution is 2.22. The number of halogens is 4. The van der Waals surface area contributed by atoms with E-state index in [2.05, 4.69) is 51.6 Å². The van der Waals surface area contributed by atoms with Crippen molar-refractivity contribution in [2.24, 2.45) is 11.6 Å². The van der Waals surface area contributed by atoms with Gasteiger partial charge in [0.05, 0.1) is 30.5 Å². The SMILES string of the molecule is C=C(N)C(F)(F)F.C=Cc1cc(CNN)nn1-c1ncccc1C.C=Cc1cc(F)cc(C)c1NC.CNCC#N. The van der Waals surface area contributed by atoms with Crippen molar-refractivity contribution in [1.82, 2.24) is 25.5 Å². The molecule has 0 spiro atoms. The number of allylic oxidation sites excluding steroid dienone is 1. The molecule has 0 aliphatic carbocycles. The zero-order chi connectivity index (χ0) is 31.6. The fourth-order valence-electron chi connectivity index (χ4n) is 3.00. The summed E-state index contributed by atoms with van der Waals surface area (Å²) >= 11 is 0. The number of alkyl halides is 3. The number of hydrogen-bond donors (Lipinski definition) is 5. The average Bonchev–Trinajstić information content (AvgIpc) is 3.32. The number of benzene rings is 1. The third-order valence-corrected chi connectivity index (χ3v) is 4.88. The molecule has 2 heterocycles. The Morgan fingerprint density at radius 3 is 2.20 bits per heavy atom. The Kier molecular flexibility index (Phi) is 16.7. The van der Waals surface area contributed by atoms with Gasteiger partial charge in [-0.2, -0.15) is 23.5 Å². The van der Waals surface area contributed by atoms with Crippen LogP contribution in [-0.2, 0) is 6.54 Å². The molecule has 0 radical (unpaired) electrons. The first-order chi connectivity index (χ1) is 19.3. The molecule has 3 rings (SSSR count). The lowest BCUT2D eigenvalue weighted by Gasteiger charge is -2.08. The van der Waals surface area contributed by atoms with Crippen LogP contribution in [0.5, 0.6) is 0 Å². The number of pyridine rings is 1. The van der Waals surface area contributed by atoms with E-state index in [4.69, 9.17) is 11.1 Å². The highest BCUT2D eigenvalue weighted by molar-refractivity contribution is 5.68. The number of nitrogens with one attached hydrogen (secondary N) is 3. The molecule has 7 N–H and O–H groups in total. The van der Waals surface area contributed by atoms with E-state index in [-0.39, 0.29) is 5.82 Å². The summed E-state index contributed by atoms with van der Waals surface area (Å²) in [4.78, 5) is 4.33. The third kappa shape index (κ3) is 12.9. The number of anilines is 1. The van der Waals surface area contributed by atoms with Gasteiger partial charge in [-0.3, -0.25) is 11.3 Å². The summed E-state index contributed by atoms with van der Waals surface area (Å²) in [5.74, 6) is 5.88. The molecular weight excluding hydrogens is 538 g/mol. The van der Waals surface area contributed by atoms with Crippen molar-refractivity contribution in [3.05, 3.63) is 95.9 Å². The summed E-state index contributed by atoms with van der Waals surface area (Å²) in [6.45, 7) is 14.7. The van der Waals surface area contributed by atoms with Crippen LogP contribution in [0.3, 0.4) is 0 Å². The molecule has 0 amide bonds. The van der Waals surface area contributed by atoms with Crippen molar-refractivity contribution in [3.63, 3.8) is 0 Å². The molecule has 0 fully saturated rings. The van der Waals surface area contributed by atoms with Crippen LogP contribution in [0.4, 0.5) is 23.2 Å². The first kappa shape index (κ1) is 36.5. The molecule has 2 aromatic heterocycles. The molecule has 222 valence electrons. The van der Waals surface area contributed by atoms with Crippen LogP contribution >= 0.6 is 0 Å². The summed E-state index contributed by atoms with van der Waals surface area (Å²) in [5, 5.41) is 17.9. The molecule has 0 aliphatic rings. The van der Waals surface area contributed by atoms with E-state index in [1.54, 1.807) is 30.1 Å². The van der Waals surface area contributed by atoms with Gasteiger partial charge in [-0.05, 0) is 62.4 Å². The molecule has 3 aromatic rings. The largest absolute Gasteiger partial charge is 0.430 e. The van der Waals surface area contributed by atoms with Crippen molar-refractivity contribution >= 4 is 17.8 Å². The first-order valence-corrected chi connectivity index (χ1v) is 12.0. The minimum atomic E-state index is -4.42. The highest BCUT2D eigenvalue weighted by atomic mass is 19.4. The second-order valence-electron chi connectivity index (χ2n) is 8.05. The topological polar surface area (TPSA) is 143 Å². The van der Waals surface area contributed by atoms with Crippen molar-refractivity contribution in [1.29, 1.82) is 5.26 Å². The Hall–Kier alpha value is -4.51. The quantitative estimate of drug-likeness (QED) is 0.118. The van der Waals surface area contributed by atoms with Crippen LogP contribution in [0.15, 0.2) is 62.0 Å². The Bertz CT molecular complexity index is 1310. The number of hydrazine groups is 1. The molecule has 41 heavy (non-hydrogen) atoms. The molecule has 0 saturated carbocycles. The summed E-state index contributed by atoms with van der Waals surface area (Å²) in [6, 6.07) is 10.7. The molecular formula is C28H37F4N9. The fourth-order valence-corrected chi connectivity index (χ4v) is 3.00. The van der Waals surface area contributed by atoms with Gasteiger partial charge in [0, 0.05) is 24.5 Å². The number of aryl methyl sites for hydroxylation is 2. The van der Waals surface area contributed by atoms with Crippen molar-refractivity contribution < 1.29 is 17.6 Å². The van der Waals surface area contributed by atoms with Crippen LogP contribution in [-0.4, -0.2) is 41.6 Å². The van der Waals surface area contributed by atoms with E-state index in [0.29, 0.717) is 13.1 Å². The van der Waals surface area contributed by atoms with Gasteiger partial charge >= 0.3 is 6.18 Å². The van der Waals surface area contributed by atoms with Crippen molar-refractivity contribution in [3.8, 4) is 11.9 Å². The summed E-state index contributed by atoms with van der Waals surface area (Å²) in [6.07, 6.45) is 0.723. The second-order valence-corrected chi connectivity index (χ2v) is 8.05. The molecule has 1 aromatic carbocycles. The molecule has 0 aliphatic heterocycles. The molecule has 9 nitrogen and oxygen atoms in total. The van der Waals surface area contributed by atoms with E-state index < -0.39 is 11.9 Å². The molecule has 0 saturated heterocycles. The standard InChI is InChI=1S/C12H15N5.C10H12FN.C3H4F3N.C3H6N2/c1-3-11-7-10(8-15-13)16-17(11)12-9(2)5-4-6-14-12;1-4-8-6-9(11)5-7(2)10(8)12-3;1-2(7)3(4,5)6;1-5-3-2-4/h3-7,15H,1,8,13H2,2H3;4-6,12H,1H2,2-3H3;1,7H2;5H,3H2,1H3. The average molecular weight is 576 g/mol. The molecule has 0 atom stereocenters. The Labute approximate surface area is 238 Å². The molecule has 0 bridgehead atoms. The highest BCUT2D eigenvalue weighted by Gasteiger charge is 2.29. The lowest BCUT2D eigenvalue weighted by molar-refractivity contribution is -0.0922. The van der Waals surface area contributed by atoms with Gasteiger partial charge < -0.3 is 16.4 Å². The zero-order valence-electron chi connectivity index (χ0n) is 23.6. The van der Waals surface area contributed by atoms with Crippen molar-refractivity contribution in [2.45, 2.75) is 26.6 Å². The van der Waals surface area contributed by atoms with Gasteiger partial charge in [0.2, 0.25) is 0 Å². The Morgan fingerprint density at radius 2 is 1.78 bits per heavy atom. The maximum atomic E-state index is 12.9. The first-order valence-electron chi connectivity index (χ1n) is 12.0. The zero-order valence-corrected chi connectivity index (χ0v) is 23.6. The smallest absolute Gasteiger partial charge is 0.395 e. The lowest BCUT2D eigenvalue weighted by Crippen LogP contribution is -2.21. The maximum absolute atomic E-state index is 12.9. The van der Waals surface area contributed by atoms with E-state index in [9.17, 15) is 17.6 Å². The van der Waals surface area contributed by atoms with Gasteiger partial charge in [0.25, 0.3) is 0 Å². The molecule has 0 unspecified atom stereocenters. The number of nitrogens with zero attached hydrogens (tertiary/aromatic N) is 4. The Morgan fingerprint density at radius 1 is 1.15 bits per heavy atom. The Balaban J connectivity index is 0.000000581. The van der Waals surface area contributed by atoms with E-state index in [1.165, 1.54) is 12.1 Å². The van der Waals surface area contributed by atoms with Crippen molar-refractivity contribution in [2.75, 3.05) is 26.0 Å². The van der Waals surface area contributed by atoms with E-state index in [0.717, 1.165) is 39.6 Å². The summed E-state index contributed by atoms with van der Waals surface area (Å²) < 4.78 is 47.5. The third-order valence-electron chi connectivity index (χ3n) is 4.88. The monoisotopic (exact) mass is 575 g/mol. The number of hydrogen-bond acceptors (Lipinski definition) is 8. The number of nitriles is 1. The van der Waals surface area contributed by atoms with E-state index in [1.807, 2.05) is 45.2 Å². The van der Waals surface area contributed by atoms with E-state index >= 15 is 0 Å². The predicted molar refractivity (Wildman–Crippen MR) is 157 cm³/mol. The van der Waals surface area contributed by atoms with Gasteiger partial charge in [-0.1, -0.05) is 31.9 Å². The number of aromatic nitrogens is 3. The van der Waals surface area contributed by atoms with Crippen LogP contribution in [0.2, 0.25) is 0 Å². The second kappa shape index (κ2) is 18.7.